The average molecular weight is 815 g/mol. The topological polar surface area (TPSA) is 128 Å². The van der Waals surface area contributed by atoms with Crippen molar-refractivity contribution in [2.75, 3.05) is 50.2 Å². The minimum atomic E-state index is -4.51. The Balaban J connectivity index is 0.000000224. The number of fused-ring (bicyclic) bond motifs is 2. The van der Waals surface area contributed by atoms with Gasteiger partial charge in [-0.2, -0.15) is 13.2 Å². The number of benzene rings is 2. The number of imidazole rings is 2. The van der Waals surface area contributed by atoms with Crippen LogP contribution < -0.4 is 14.5 Å². The van der Waals surface area contributed by atoms with Crippen LogP contribution in [-0.4, -0.2) is 65.7 Å². The lowest BCUT2D eigenvalue weighted by atomic mass is 9.92. The summed E-state index contributed by atoms with van der Waals surface area (Å²) in [7, 11) is 5.33. The highest BCUT2D eigenvalue weighted by atomic mass is 19.4. The summed E-state index contributed by atoms with van der Waals surface area (Å²) in [5, 5.41) is 17.0. The summed E-state index contributed by atoms with van der Waals surface area (Å²) < 4.78 is 47.1. The standard InChI is InChI=1S/C21H26N6O2.C20H23F3N6O/c1-6-12-27-13-8-9-16-15(3)17(10-11-19(16)27)24-25-21-23-18(14-29-28-7-2)20(22-4)26(21)5;1-11-14-8-7-9-28(5)16(14)17(30-6)12(2)15(11)26-27-19-25-13(3)18(24-4)29(19)10-20(21,22)23/h6,10-11H,1,7-9,12-14H2,2-3,5H3;7-10H2,1-3,5-6H3. The van der Waals surface area contributed by atoms with E-state index in [1.54, 1.807) is 18.7 Å². The monoisotopic (exact) mass is 814 g/mol. The Labute approximate surface area is 342 Å². The molecule has 0 N–H and O–H groups in total. The summed E-state index contributed by atoms with van der Waals surface area (Å²) in [6.07, 6.45) is 1.40. The average Bonchev–Trinajstić information content (AvgIpc) is 3.67. The zero-order chi connectivity index (χ0) is 43.0. The fraction of sp³-hybridized carbons (Fsp3) is 0.463. The molecule has 0 fully saturated rings. The fourth-order valence-corrected chi connectivity index (χ4v) is 7.43. The molecular weight excluding hydrogens is 766 g/mol. The SMILES string of the molecule is [C-]#[N+]c1c(C)nc(N=Nc2c(C)c3c(c(OC)c2C)N(C)CCC3)n1CC(F)(F)F.[C-]#[N+]c1c(COOCC)nc(N=Nc2ccc3c(c2C)CCCN3CC=C)n1C. The van der Waals surface area contributed by atoms with Crippen molar-refractivity contribution < 1.29 is 27.7 Å². The van der Waals surface area contributed by atoms with Gasteiger partial charge in [-0.25, -0.2) is 24.3 Å². The third kappa shape index (κ3) is 9.62. The number of ether oxygens (including phenoxy) is 1. The number of azo groups is 2. The van der Waals surface area contributed by atoms with Crippen LogP contribution in [0.25, 0.3) is 9.69 Å². The normalized spacial score (nSPS) is 13.8. The minimum absolute atomic E-state index is 0.0892. The quantitative estimate of drug-likeness (QED) is 0.0348. The Morgan fingerprint density at radius 1 is 0.881 bits per heavy atom. The first kappa shape index (κ1) is 44.0. The number of halogens is 3. The van der Waals surface area contributed by atoms with Crippen molar-refractivity contribution in [3.05, 3.63) is 86.8 Å². The van der Waals surface area contributed by atoms with Crippen LogP contribution in [-0.2, 0) is 42.8 Å². The molecule has 59 heavy (non-hydrogen) atoms. The molecule has 15 nitrogen and oxygen atoms in total. The zero-order valence-corrected chi connectivity index (χ0v) is 34.7. The first-order valence-electron chi connectivity index (χ1n) is 19.1. The highest BCUT2D eigenvalue weighted by Crippen LogP contribution is 2.46. The van der Waals surface area contributed by atoms with E-state index in [1.165, 1.54) is 18.2 Å². The van der Waals surface area contributed by atoms with E-state index >= 15 is 0 Å². The molecule has 0 saturated heterocycles. The van der Waals surface area contributed by atoms with Gasteiger partial charge in [-0.3, -0.25) is 4.57 Å². The Morgan fingerprint density at radius 3 is 2.24 bits per heavy atom. The van der Waals surface area contributed by atoms with Crippen LogP contribution in [0.5, 0.6) is 5.75 Å². The lowest BCUT2D eigenvalue weighted by Gasteiger charge is -2.32. The molecule has 2 aromatic carbocycles. The van der Waals surface area contributed by atoms with E-state index in [2.05, 4.69) is 69.5 Å². The number of aryl methyl sites for hydroxylation is 1. The Morgan fingerprint density at radius 2 is 1.58 bits per heavy atom. The molecular formula is C41H49F3N12O3. The number of nitrogens with zero attached hydrogens (tertiary/aromatic N) is 12. The van der Waals surface area contributed by atoms with Crippen molar-refractivity contribution in [3.8, 4) is 5.75 Å². The van der Waals surface area contributed by atoms with Crippen molar-refractivity contribution in [2.24, 2.45) is 27.5 Å². The van der Waals surface area contributed by atoms with Gasteiger partial charge in [-0.1, -0.05) is 29.4 Å². The van der Waals surface area contributed by atoms with Crippen molar-refractivity contribution in [1.82, 2.24) is 19.1 Å². The van der Waals surface area contributed by atoms with Crippen LogP contribution in [0, 0.1) is 40.8 Å². The van der Waals surface area contributed by atoms with Gasteiger partial charge in [0.1, 0.15) is 12.4 Å². The van der Waals surface area contributed by atoms with Gasteiger partial charge < -0.3 is 24.2 Å². The van der Waals surface area contributed by atoms with E-state index in [-0.39, 0.29) is 24.1 Å². The molecule has 0 spiro atoms. The summed E-state index contributed by atoms with van der Waals surface area (Å²) >= 11 is 0. The molecule has 0 aliphatic carbocycles. The molecule has 0 saturated carbocycles. The van der Waals surface area contributed by atoms with Gasteiger partial charge in [0.25, 0.3) is 11.6 Å². The number of hydrogen-bond donors (Lipinski definition) is 0. The smallest absolute Gasteiger partial charge is 0.425 e. The Hall–Kier alpha value is -6.11. The molecule has 2 aromatic heterocycles. The molecule has 6 rings (SSSR count). The molecule has 0 unspecified atom stereocenters. The number of methoxy groups -OCH3 is 1. The summed E-state index contributed by atoms with van der Waals surface area (Å²) in [6, 6.07) is 4.08. The molecule has 0 amide bonds. The van der Waals surface area contributed by atoms with Gasteiger partial charge in [-0.15, -0.1) is 16.8 Å². The van der Waals surface area contributed by atoms with Crippen molar-refractivity contribution in [2.45, 2.75) is 79.6 Å². The van der Waals surface area contributed by atoms with Gasteiger partial charge in [0.2, 0.25) is 0 Å². The van der Waals surface area contributed by atoms with Gasteiger partial charge in [0.15, 0.2) is 6.54 Å². The molecule has 4 heterocycles. The summed E-state index contributed by atoms with van der Waals surface area (Å²) in [5.41, 5.74) is 9.47. The van der Waals surface area contributed by atoms with Crippen LogP contribution in [0.3, 0.4) is 0 Å². The molecule has 0 atom stereocenters. The lowest BCUT2D eigenvalue weighted by Crippen LogP contribution is -2.29. The predicted octanol–water partition coefficient (Wildman–Crippen LogP) is 10.8. The lowest BCUT2D eigenvalue weighted by molar-refractivity contribution is -0.301. The van der Waals surface area contributed by atoms with Crippen LogP contribution in [0.15, 0.2) is 45.2 Å². The van der Waals surface area contributed by atoms with Crippen LogP contribution in [0.1, 0.15) is 59.0 Å². The second-order valence-corrected chi connectivity index (χ2v) is 14.1. The minimum Gasteiger partial charge on any atom is -0.494 e. The summed E-state index contributed by atoms with van der Waals surface area (Å²) in [5.74, 6) is 0.962. The predicted molar refractivity (Wildman–Crippen MR) is 219 cm³/mol. The molecule has 2 aliphatic rings. The fourth-order valence-electron chi connectivity index (χ4n) is 7.43. The Bertz CT molecular complexity index is 2310. The molecule has 18 heteroatoms. The molecule has 4 aromatic rings. The van der Waals surface area contributed by atoms with Gasteiger partial charge in [0, 0.05) is 37.9 Å². The van der Waals surface area contributed by atoms with Gasteiger partial charge in [0.05, 0.1) is 49.2 Å². The van der Waals surface area contributed by atoms with E-state index in [4.69, 9.17) is 27.7 Å². The molecule has 2 aliphatic heterocycles. The number of aromatic nitrogens is 4. The van der Waals surface area contributed by atoms with Crippen LogP contribution in [0.4, 0.5) is 59.5 Å². The van der Waals surface area contributed by atoms with Crippen molar-refractivity contribution >= 4 is 46.3 Å². The first-order valence-corrected chi connectivity index (χ1v) is 19.1. The van der Waals surface area contributed by atoms with Crippen LogP contribution in [0.2, 0.25) is 0 Å². The molecule has 0 radical (unpaired) electrons. The first-order chi connectivity index (χ1) is 28.2. The number of alkyl halides is 3. The van der Waals surface area contributed by atoms with E-state index in [0.717, 1.165) is 83.5 Å². The summed E-state index contributed by atoms with van der Waals surface area (Å²) in [4.78, 5) is 29.5. The van der Waals surface area contributed by atoms with E-state index in [9.17, 15) is 13.2 Å². The van der Waals surface area contributed by atoms with Gasteiger partial charge >= 0.3 is 18.1 Å². The van der Waals surface area contributed by atoms with Gasteiger partial charge in [-0.05, 0) is 94.7 Å². The maximum Gasteiger partial charge on any atom is 0.425 e. The number of rotatable bonds is 12. The van der Waals surface area contributed by atoms with Crippen molar-refractivity contribution in [1.29, 1.82) is 0 Å². The second-order valence-electron chi connectivity index (χ2n) is 14.1. The second kappa shape index (κ2) is 19.1. The molecule has 312 valence electrons. The largest absolute Gasteiger partial charge is 0.494 e. The van der Waals surface area contributed by atoms with E-state index in [1.807, 2.05) is 40.0 Å². The third-order valence-electron chi connectivity index (χ3n) is 10.2. The Kier molecular flexibility index (Phi) is 14.2. The molecule has 0 bridgehead atoms. The maximum atomic E-state index is 13.0. The van der Waals surface area contributed by atoms with Crippen molar-refractivity contribution in [3.63, 3.8) is 0 Å². The van der Waals surface area contributed by atoms with E-state index in [0.29, 0.717) is 35.5 Å². The third-order valence-corrected chi connectivity index (χ3v) is 10.2. The zero-order valence-electron chi connectivity index (χ0n) is 34.7. The highest BCUT2D eigenvalue weighted by Gasteiger charge is 2.34. The number of anilines is 2. The van der Waals surface area contributed by atoms with E-state index < -0.39 is 12.7 Å². The van der Waals surface area contributed by atoms with Crippen LogP contribution >= 0.6 is 0 Å². The maximum absolute atomic E-state index is 13.0. The summed E-state index contributed by atoms with van der Waals surface area (Å²) in [6.45, 7) is 29.6. The number of hydrogen-bond acceptors (Lipinski definition) is 11. The highest BCUT2D eigenvalue weighted by molar-refractivity contribution is 5.77.